The number of nitrogens with one attached hydrogen (secondary N) is 2. The van der Waals surface area contributed by atoms with Gasteiger partial charge < -0.3 is 5.32 Å². The molecule has 1 aromatic rings. The van der Waals surface area contributed by atoms with Crippen LogP contribution in [0.3, 0.4) is 0 Å². The summed E-state index contributed by atoms with van der Waals surface area (Å²) in [7, 11) is 0. The summed E-state index contributed by atoms with van der Waals surface area (Å²) < 4.78 is 0. The van der Waals surface area contributed by atoms with Gasteiger partial charge in [-0.15, -0.1) is 0 Å². The van der Waals surface area contributed by atoms with Crippen molar-refractivity contribution < 1.29 is 0 Å². The molecular weight excluding hydrogens is 202 g/mol. The third-order valence-electron chi connectivity index (χ3n) is 2.06. The molecule has 0 radical (unpaired) electrons. The summed E-state index contributed by atoms with van der Waals surface area (Å²) >= 11 is 0. The Morgan fingerprint density at radius 2 is 2.31 bits per heavy atom. The van der Waals surface area contributed by atoms with E-state index in [1.54, 1.807) is 12.4 Å². The number of pyridine rings is 1. The highest BCUT2D eigenvalue weighted by molar-refractivity contribution is 5.93. The van der Waals surface area contributed by atoms with Crippen molar-refractivity contribution in [2.75, 3.05) is 11.9 Å². The van der Waals surface area contributed by atoms with Gasteiger partial charge in [-0.05, 0) is 25.0 Å². The van der Waals surface area contributed by atoms with Crippen LogP contribution in [0.15, 0.2) is 23.5 Å². The molecule has 0 spiro atoms. The molecule has 0 amide bonds. The predicted octanol–water partition coefficient (Wildman–Crippen LogP) is 1.42. The maximum absolute atomic E-state index is 5.38. The second-order valence-electron chi connectivity index (χ2n) is 3.60. The van der Waals surface area contributed by atoms with Crippen molar-refractivity contribution in [3.8, 4) is 0 Å². The van der Waals surface area contributed by atoms with Crippen molar-refractivity contribution in [2.24, 2.45) is 10.8 Å². The van der Waals surface area contributed by atoms with Gasteiger partial charge in [-0.25, -0.2) is 5.84 Å². The maximum atomic E-state index is 5.38. The van der Waals surface area contributed by atoms with Gasteiger partial charge in [0.05, 0.1) is 11.9 Å². The largest absolute Gasteiger partial charge is 0.324 e. The summed E-state index contributed by atoms with van der Waals surface area (Å²) in [6.45, 7) is 4.88. The molecule has 88 valence electrons. The molecule has 0 atom stereocenters. The Hall–Kier alpha value is -1.62. The highest BCUT2D eigenvalue weighted by Gasteiger charge is 1.97. The monoisotopic (exact) mass is 221 g/mol. The molecule has 0 aliphatic carbocycles. The molecule has 0 aliphatic rings. The lowest BCUT2D eigenvalue weighted by Gasteiger charge is -2.09. The number of rotatable bonds is 4. The van der Waals surface area contributed by atoms with E-state index < -0.39 is 0 Å². The standard InChI is InChI=1S/C11H19N5/c1-3-4-5-14-11(16-12)15-10-6-9(2)7-13-8-10/h6-8H,3-5,12H2,1-2H3,(H2,14,15,16). The van der Waals surface area contributed by atoms with E-state index in [1.807, 2.05) is 13.0 Å². The molecular formula is C11H19N5. The van der Waals surface area contributed by atoms with E-state index >= 15 is 0 Å². The first kappa shape index (κ1) is 12.4. The molecule has 0 fully saturated rings. The van der Waals surface area contributed by atoms with Gasteiger partial charge in [0.2, 0.25) is 5.96 Å². The first-order chi connectivity index (χ1) is 7.76. The summed E-state index contributed by atoms with van der Waals surface area (Å²) in [5.41, 5.74) is 4.52. The van der Waals surface area contributed by atoms with Crippen molar-refractivity contribution in [3.05, 3.63) is 24.0 Å². The molecule has 0 bridgehead atoms. The van der Waals surface area contributed by atoms with Gasteiger partial charge in [-0.1, -0.05) is 13.3 Å². The van der Waals surface area contributed by atoms with E-state index in [4.69, 9.17) is 5.84 Å². The molecule has 5 nitrogen and oxygen atoms in total. The van der Waals surface area contributed by atoms with Crippen LogP contribution in [0.5, 0.6) is 0 Å². The lowest BCUT2D eigenvalue weighted by molar-refractivity contribution is 0.801. The van der Waals surface area contributed by atoms with Crippen LogP contribution in [-0.2, 0) is 0 Å². The van der Waals surface area contributed by atoms with Crippen molar-refractivity contribution >= 4 is 11.6 Å². The van der Waals surface area contributed by atoms with E-state index in [2.05, 4.69) is 27.6 Å². The van der Waals surface area contributed by atoms with Gasteiger partial charge >= 0.3 is 0 Å². The van der Waals surface area contributed by atoms with Crippen LogP contribution in [0.4, 0.5) is 5.69 Å². The average Bonchev–Trinajstić information content (AvgIpc) is 2.28. The lowest BCUT2D eigenvalue weighted by Crippen LogP contribution is -2.36. The molecule has 16 heavy (non-hydrogen) atoms. The first-order valence-corrected chi connectivity index (χ1v) is 5.46. The van der Waals surface area contributed by atoms with Gasteiger partial charge in [-0.3, -0.25) is 15.4 Å². The molecule has 5 heteroatoms. The Morgan fingerprint density at radius 3 is 2.94 bits per heavy atom. The van der Waals surface area contributed by atoms with Gasteiger partial charge in [0.25, 0.3) is 0 Å². The normalized spacial score (nSPS) is 11.3. The number of aliphatic imine (C=N–C) groups is 1. The Bertz CT molecular complexity index is 348. The highest BCUT2D eigenvalue weighted by Crippen LogP contribution is 2.06. The fraction of sp³-hybridized carbons (Fsp3) is 0.455. The molecule has 0 saturated heterocycles. The molecule has 0 aromatic carbocycles. The molecule has 0 aliphatic heterocycles. The maximum Gasteiger partial charge on any atom is 0.210 e. The summed E-state index contributed by atoms with van der Waals surface area (Å²) in [6.07, 6.45) is 5.71. The predicted molar refractivity (Wildman–Crippen MR) is 67.1 cm³/mol. The van der Waals surface area contributed by atoms with E-state index in [9.17, 15) is 0 Å². The van der Waals surface area contributed by atoms with E-state index in [-0.39, 0.29) is 0 Å². The first-order valence-electron chi connectivity index (χ1n) is 5.46. The zero-order valence-corrected chi connectivity index (χ0v) is 9.83. The van der Waals surface area contributed by atoms with Crippen molar-refractivity contribution in [1.82, 2.24) is 10.4 Å². The fourth-order valence-corrected chi connectivity index (χ4v) is 1.23. The molecule has 1 heterocycles. The zero-order valence-electron chi connectivity index (χ0n) is 9.83. The minimum absolute atomic E-state index is 0.570. The number of unbranched alkanes of at least 4 members (excludes halogenated alkanes) is 1. The third-order valence-corrected chi connectivity index (χ3v) is 2.06. The number of nitrogens with two attached hydrogens (primary N) is 1. The second kappa shape index (κ2) is 6.79. The van der Waals surface area contributed by atoms with Crippen LogP contribution in [0.2, 0.25) is 0 Å². The molecule has 1 rings (SSSR count). The van der Waals surface area contributed by atoms with Gasteiger partial charge in [0.15, 0.2) is 0 Å². The lowest BCUT2D eigenvalue weighted by atomic mass is 10.3. The number of nitrogens with zero attached hydrogens (tertiary/aromatic N) is 2. The van der Waals surface area contributed by atoms with Crippen LogP contribution < -0.4 is 16.6 Å². The van der Waals surface area contributed by atoms with Crippen molar-refractivity contribution in [3.63, 3.8) is 0 Å². The SMILES string of the molecule is CCCCN=C(NN)Nc1cncc(C)c1. The van der Waals surface area contributed by atoms with Crippen LogP contribution in [-0.4, -0.2) is 17.5 Å². The molecule has 0 saturated carbocycles. The number of anilines is 1. The van der Waals surface area contributed by atoms with Crippen LogP contribution in [0.1, 0.15) is 25.3 Å². The van der Waals surface area contributed by atoms with E-state index in [0.717, 1.165) is 30.6 Å². The Balaban J connectivity index is 2.59. The quantitative estimate of drug-likeness (QED) is 0.236. The summed E-state index contributed by atoms with van der Waals surface area (Å²) in [5, 5.41) is 3.08. The van der Waals surface area contributed by atoms with Crippen LogP contribution in [0, 0.1) is 6.92 Å². The number of aromatic nitrogens is 1. The Morgan fingerprint density at radius 1 is 1.50 bits per heavy atom. The van der Waals surface area contributed by atoms with Gasteiger partial charge in [0, 0.05) is 12.7 Å². The smallest absolute Gasteiger partial charge is 0.210 e. The fourth-order valence-electron chi connectivity index (χ4n) is 1.23. The van der Waals surface area contributed by atoms with Gasteiger partial charge in [-0.2, -0.15) is 0 Å². The second-order valence-corrected chi connectivity index (χ2v) is 3.60. The number of hydrazine groups is 1. The number of aryl methyl sites for hydroxylation is 1. The van der Waals surface area contributed by atoms with E-state index in [1.165, 1.54) is 0 Å². The molecule has 4 N–H and O–H groups in total. The molecule has 1 aromatic heterocycles. The van der Waals surface area contributed by atoms with Crippen molar-refractivity contribution in [1.29, 1.82) is 0 Å². The highest BCUT2D eigenvalue weighted by atomic mass is 15.3. The zero-order chi connectivity index (χ0) is 11.8. The summed E-state index contributed by atoms with van der Waals surface area (Å²) in [6, 6.07) is 1.99. The molecule has 0 unspecified atom stereocenters. The summed E-state index contributed by atoms with van der Waals surface area (Å²) in [5.74, 6) is 5.95. The minimum atomic E-state index is 0.570. The van der Waals surface area contributed by atoms with Crippen LogP contribution in [0.25, 0.3) is 0 Å². The van der Waals surface area contributed by atoms with Crippen molar-refractivity contribution in [2.45, 2.75) is 26.7 Å². The van der Waals surface area contributed by atoms with Gasteiger partial charge in [0.1, 0.15) is 0 Å². The minimum Gasteiger partial charge on any atom is -0.324 e. The number of guanidine groups is 1. The number of hydrogen-bond acceptors (Lipinski definition) is 3. The number of hydrogen-bond donors (Lipinski definition) is 3. The average molecular weight is 221 g/mol. The Labute approximate surface area is 96.1 Å². The third kappa shape index (κ3) is 4.27. The topological polar surface area (TPSA) is 75.3 Å². The van der Waals surface area contributed by atoms with Crippen LogP contribution >= 0.6 is 0 Å². The van der Waals surface area contributed by atoms with E-state index in [0.29, 0.717) is 5.96 Å². The Kier molecular flexibility index (Phi) is 5.28. The summed E-state index contributed by atoms with van der Waals surface area (Å²) in [4.78, 5) is 8.38.